The number of primary sulfonamides is 1. The fourth-order valence-corrected chi connectivity index (χ4v) is 5.59. The van der Waals surface area contributed by atoms with E-state index in [-0.39, 0.29) is 22.9 Å². The second kappa shape index (κ2) is 10.2. The first-order valence-corrected chi connectivity index (χ1v) is 14.2. The summed E-state index contributed by atoms with van der Waals surface area (Å²) in [5, 5.41) is 11.1. The number of nitrogens with one attached hydrogen (secondary N) is 2. The number of fused-ring (bicyclic) bond motifs is 4. The molecule has 0 spiro atoms. The van der Waals surface area contributed by atoms with Crippen molar-refractivity contribution in [2.24, 2.45) is 5.14 Å². The SMILES string of the molecule is CCOc1cccc2c1O[C@@]1(C)C[C@H]2NC(=O)N1c1cccc(C(=O)NCCc2ccc(S(N)(=O)=O)cc2)c1. The van der Waals surface area contributed by atoms with Crippen molar-refractivity contribution >= 4 is 27.6 Å². The third-order valence-electron chi connectivity index (χ3n) is 6.88. The first kappa shape index (κ1) is 26.5. The Kier molecular flexibility index (Phi) is 6.96. The van der Waals surface area contributed by atoms with Crippen LogP contribution in [0.4, 0.5) is 10.5 Å². The Morgan fingerprint density at radius 3 is 2.64 bits per heavy atom. The molecule has 0 aliphatic carbocycles. The molecule has 1 fully saturated rings. The van der Waals surface area contributed by atoms with Crippen LogP contribution in [-0.2, 0) is 16.4 Å². The Morgan fingerprint density at radius 2 is 1.92 bits per heavy atom. The number of hydrogen-bond acceptors (Lipinski definition) is 6. The Hall–Kier alpha value is -4.09. The Morgan fingerprint density at radius 1 is 1.18 bits per heavy atom. The van der Waals surface area contributed by atoms with Crippen LogP contribution in [0.3, 0.4) is 0 Å². The predicted octanol–water partition coefficient (Wildman–Crippen LogP) is 3.47. The van der Waals surface area contributed by atoms with E-state index in [2.05, 4.69) is 10.6 Å². The van der Waals surface area contributed by atoms with E-state index in [1.54, 1.807) is 41.3 Å². The van der Waals surface area contributed by atoms with E-state index >= 15 is 0 Å². The zero-order valence-electron chi connectivity index (χ0n) is 21.6. The fraction of sp³-hybridized carbons (Fsp3) is 0.286. The molecule has 11 heteroatoms. The van der Waals surface area contributed by atoms with E-state index in [4.69, 9.17) is 14.6 Å². The standard InChI is InChI=1S/C28H30N4O6S/c1-3-37-24-9-5-8-22-23-17-28(2,38-25(22)24)32(27(34)31-23)20-7-4-6-19(16-20)26(33)30-15-14-18-10-12-21(13-11-18)39(29,35)36/h4-13,16,23H,3,14-15,17H2,1-2H3,(H,30,33)(H,31,34)(H2,29,35,36)/t23-,28+/m1/s1. The van der Waals surface area contributed by atoms with Gasteiger partial charge in [0.05, 0.1) is 23.2 Å². The summed E-state index contributed by atoms with van der Waals surface area (Å²) in [5.41, 5.74) is 1.65. The van der Waals surface area contributed by atoms with Crippen molar-refractivity contribution in [1.29, 1.82) is 0 Å². The number of hydrogen-bond donors (Lipinski definition) is 3. The van der Waals surface area contributed by atoms with Crippen molar-refractivity contribution in [3.05, 3.63) is 83.4 Å². The van der Waals surface area contributed by atoms with Crippen LogP contribution >= 0.6 is 0 Å². The second-order valence-electron chi connectivity index (χ2n) is 9.67. The molecule has 0 unspecified atom stereocenters. The van der Waals surface area contributed by atoms with Gasteiger partial charge in [0.1, 0.15) is 0 Å². The maximum atomic E-state index is 13.3. The van der Waals surface area contributed by atoms with Crippen molar-refractivity contribution in [3.8, 4) is 11.5 Å². The molecular formula is C28H30N4O6S. The van der Waals surface area contributed by atoms with E-state index in [1.165, 1.54) is 12.1 Å². The van der Waals surface area contributed by atoms with Crippen molar-refractivity contribution in [2.75, 3.05) is 18.1 Å². The molecule has 0 saturated carbocycles. The quantitative estimate of drug-likeness (QED) is 0.392. The molecule has 3 amide bonds. The highest BCUT2D eigenvalue weighted by atomic mass is 32.2. The summed E-state index contributed by atoms with van der Waals surface area (Å²) < 4.78 is 35.1. The number of urea groups is 1. The minimum Gasteiger partial charge on any atom is -0.490 e. The first-order chi connectivity index (χ1) is 18.6. The summed E-state index contributed by atoms with van der Waals surface area (Å²) in [5.74, 6) is 0.926. The van der Waals surface area contributed by atoms with E-state index in [0.717, 1.165) is 11.1 Å². The number of sulfonamides is 1. The summed E-state index contributed by atoms with van der Waals surface area (Å²) in [6.45, 7) is 4.58. The van der Waals surface area contributed by atoms with Crippen LogP contribution in [0.5, 0.6) is 11.5 Å². The number of carbonyl (C=O) groups is 2. The number of nitrogens with two attached hydrogens (primary N) is 1. The van der Waals surface area contributed by atoms with Crippen molar-refractivity contribution in [1.82, 2.24) is 10.6 Å². The Labute approximate surface area is 227 Å². The molecule has 2 aliphatic rings. The highest BCUT2D eigenvalue weighted by Gasteiger charge is 2.50. The summed E-state index contributed by atoms with van der Waals surface area (Å²) in [6, 6.07) is 18.1. The van der Waals surface area contributed by atoms with Crippen LogP contribution < -0.4 is 30.1 Å². The Balaban J connectivity index is 1.31. The largest absolute Gasteiger partial charge is 0.490 e. The lowest BCUT2D eigenvalue weighted by molar-refractivity contribution is 0.0343. The summed E-state index contributed by atoms with van der Waals surface area (Å²) >= 11 is 0. The van der Waals surface area contributed by atoms with Gasteiger partial charge in [0.25, 0.3) is 5.91 Å². The molecule has 2 heterocycles. The molecule has 5 rings (SSSR count). The lowest BCUT2D eigenvalue weighted by Gasteiger charge is -2.50. The van der Waals surface area contributed by atoms with Crippen molar-refractivity contribution in [3.63, 3.8) is 0 Å². The van der Waals surface area contributed by atoms with Gasteiger partial charge in [-0.15, -0.1) is 0 Å². The van der Waals surface area contributed by atoms with Gasteiger partial charge < -0.3 is 20.1 Å². The van der Waals surface area contributed by atoms with Gasteiger partial charge in [-0.3, -0.25) is 9.69 Å². The van der Waals surface area contributed by atoms with Crippen LogP contribution in [0.15, 0.2) is 71.6 Å². The van der Waals surface area contributed by atoms with E-state index in [0.29, 0.717) is 48.7 Å². The number of carbonyl (C=O) groups excluding carboxylic acids is 2. The lowest BCUT2D eigenvalue weighted by Crippen LogP contribution is -2.65. The number of benzene rings is 3. The zero-order valence-corrected chi connectivity index (χ0v) is 22.5. The molecule has 10 nitrogen and oxygen atoms in total. The summed E-state index contributed by atoms with van der Waals surface area (Å²) in [6.07, 6.45) is 1.02. The molecule has 0 radical (unpaired) electrons. The van der Waals surface area contributed by atoms with Crippen LogP contribution in [-0.4, -0.2) is 39.2 Å². The van der Waals surface area contributed by atoms with Gasteiger partial charge >= 0.3 is 6.03 Å². The summed E-state index contributed by atoms with van der Waals surface area (Å²) in [7, 11) is -3.75. The van der Waals surface area contributed by atoms with Gasteiger partial charge in [-0.2, -0.15) is 0 Å². The van der Waals surface area contributed by atoms with Gasteiger partial charge in [-0.1, -0.05) is 30.3 Å². The molecule has 0 aromatic heterocycles. The van der Waals surface area contributed by atoms with Gasteiger partial charge in [0.15, 0.2) is 17.2 Å². The van der Waals surface area contributed by atoms with E-state index < -0.39 is 15.7 Å². The fourth-order valence-electron chi connectivity index (χ4n) is 5.07. The van der Waals surface area contributed by atoms with Gasteiger partial charge in [-0.05, 0) is 62.2 Å². The molecule has 39 heavy (non-hydrogen) atoms. The maximum Gasteiger partial charge on any atom is 0.325 e. The maximum absolute atomic E-state index is 13.3. The number of anilines is 1. The van der Waals surface area contributed by atoms with Crippen LogP contribution in [0.2, 0.25) is 0 Å². The molecule has 3 aromatic carbocycles. The second-order valence-corrected chi connectivity index (χ2v) is 11.2. The average Bonchev–Trinajstić information content (AvgIpc) is 2.89. The molecule has 2 atom stereocenters. The van der Waals surface area contributed by atoms with Crippen molar-refractivity contribution in [2.45, 2.75) is 43.4 Å². The number of nitrogens with zero attached hydrogens (tertiary/aromatic N) is 1. The third-order valence-corrected chi connectivity index (χ3v) is 7.81. The lowest BCUT2D eigenvalue weighted by atomic mass is 9.89. The monoisotopic (exact) mass is 550 g/mol. The third kappa shape index (κ3) is 5.27. The molecule has 204 valence electrons. The molecule has 1 saturated heterocycles. The molecular weight excluding hydrogens is 520 g/mol. The average molecular weight is 551 g/mol. The number of amides is 3. The Bertz CT molecular complexity index is 1530. The predicted molar refractivity (Wildman–Crippen MR) is 145 cm³/mol. The molecule has 2 aliphatic heterocycles. The van der Waals surface area contributed by atoms with Crippen molar-refractivity contribution < 1.29 is 27.5 Å². The van der Waals surface area contributed by atoms with Crippen LogP contribution in [0.25, 0.3) is 0 Å². The molecule has 2 bridgehead atoms. The topological polar surface area (TPSA) is 140 Å². The molecule has 3 aromatic rings. The minimum absolute atomic E-state index is 0.0356. The molecule has 4 N–H and O–H groups in total. The van der Waals surface area contributed by atoms with Crippen LogP contribution in [0, 0.1) is 0 Å². The van der Waals surface area contributed by atoms with E-state index in [9.17, 15) is 18.0 Å². The minimum atomic E-state index is -3.75. The highest BCUT2D eigenvalue weighted by Crippen LogP contribution is 2.49. The van der Waals surface area contributed by atoms with Gasteiger partial charge in [-0.25, -0.2) is 18.4 Å². The normalized spacial score (nSPS) is 19.9. The van der Waals surface area contributed by atoms with Crippen LogP contribution in [0.1, 0.15) is 47.8 Å². The van der Waals surface area contributed by atoms with Gasteiger partial charge in [0.2, 0.25) is 10.0 Å². The first-order valence-electron chi connectivity index (χ1n) is 12.6. The van der Waals surface area contributed by atoms with Gasteiger partial charge in [0, 0.05) is 24.1 Å². The number of para-hydroxylation sites is 1. The van der Waals surface area contributed by atoms with E-state index in [1.807, 2.05) is 32.0 Å². The zero-order chi connectivity index (χ0) is 27.8. The smallest absolute Gasteiger partial charge is 0.325 e. The highest BCUT2D eigenvalue weighted by molar-refractivity contribution is 7.89. The number of rotatable bonds is 8. The summed E-state index contributed by atoms with van der Waals surface area (Å²) in [4.78, 5) is 27.8. The number of ether oxygens (including phenoxy) is 2.